The molecule has 1 N–H and O–H groups in total. The topological polar surface area (TPSA) is 66.6 Å². The second kappa shape index (κ2) is 5.98. The Bertz CT molecular complexity index is 479. The number of rotatable bonds is 4. The van der Waals surface area contributed by atoms with Crippen molar-refractivity contribution in [3.05, 3.63) is 38.3 Å². The van der Waals surface area contributed by atoms with Crippen LogP contribution in [-0.2, 0) is 6.54 Å². The van der Waals surface area contributed by atoms with Crippen LogP contribution in [0.2, 0.25) is 0 Å². The van der Waals surface area contributed by atoms with Crippen LogP contribution in [0.25, 0.3) is 0 Å². The van der Waals surface area contributed by atoms with Crippen molar-refractivity contribution in [1.82, 2.24) is 4.90 Å². The Morgan fingerprint density at radius 1 is 1.63 bits per heavy atom. The SMILES string of the molecule is CC(O)C1CCN(Cc2ccc(Br)cc2[N+](=O)[O-])C1. The Hall–Kier alpha value is -0.980. The van der Waals surface area contributed by atoms with Gasteiger partial charge in [0.1, 0.15) is 0 Å². The second-order valence-corrected chi connectivity index (χ2v) is 5.97. The Kier molecular flexibility index (Phi) is 4.54. The average molecular weight is 329 g/mol. The standard InChI is InChI=1S/C13H17BrN2O3/c1-9(17)10-4-5-15(7-10)8-11-2-3-12(14)6-13(11)16(18)19/h2-3,6,9-10,17H,4-5,7-8H2,1H3. The van der Waals surface area contributed by atoms with Crippen molar-refractivity contribution in [3.63, 3.8) is 0 Å². The largest absolute Gasteiger partial charge is 0.393 e. The zero-order valence-electron chi connectivity index (χ0n) is 10.8. The van der Waals surface area contributed by atoms with E-state index in [9.17, 15) is 15.2 Å². The van der Waals surface area contributed by atoms with Crippen LogP contribution in [0.4, 0.5) is 5.69 Å². The molecule has 0 amide bonds. The fraction of sp³-hybridized carbons (Fsp3) is 0.538. The van der Waals surface area contributed by atoms with E-state index < -0.39 is 0 Å². The van der Waals surface area contributed by atoms with Gasteiger partial charge in [0, 0.05) is 29.2 Å². The zero-order chi connectivity index (χ0) is 14.0. The van der Waals surface area contributed by atoms with E-state index in [-0.39, 0.29) is 22.6 Å². The molecule has 0 aliphatic carbocycles. The number of benzene rings is 1. The fourth-order valence-corrected chi connectivity index (χ4v) is 2.83. The maximum absolute atomic E-state index is 11.0. The van der Waals surface area contributed by atoms with E-state index in [1.54, 1.807) is 13.0 Å². The van der Waals surface area contributed by atoms with Gasteiger partial charge >= 0.3 is 0 Å². The number of halogens is 1. The van der Waals surface area contributed by atoms with E-state index >= 15 is 0 Å². The average Bonchev–Trinajstić information content (AvgIpc) is 2.80. The quantitative estimate of drug-likeness (QED) is 0.681. The zero-order valence-corrected chi connectivity index (χ0v) is 12.3. The Labute approximate surface area is 120 Å². The number of aliphatic hydroxyl groups excluding tert-OH is 1. The highest BCUT2D eigenvalue weighted by Crippen LogP contribution is 2.27. The number of hydrogen-bond donors (Lipinski definition) is 1. The van der Waals surface area contributed by atoms with Crippen molar-refractivity contribution in [1.29, 1.82) is 0 Å². The van der Waals surface area contributed by atoms with E-state index in [0.29, 0.717) is 11.0 Å². The molecule has 0 spiro atoms. The minimum Gasteiger partial charge on any atom is -0.393 e. The molecular weight excluding hydrogens is 312 g/mol. The molecule has 19 heavy (non-hydrogen) atoms. The Morgan fingerprint density at radius 3 is 2.95 bits per heavy atom. The molecule has 6 heteroatoms. The number of nitrogens with zero attached hydrogens (tertiary/aromatic N) is 2. The second-order valence-electron chi connectivity index (χ2n) is 5.05. The summed E-state index contributed by atoms with van der Waals surface area (Å²) in [4.78, 5) is 12.9. The van der Waals surface area contributed by atoms with Crippen LogP contribution in [0.1, 0.15) is 18.9 Å². The number of hydrogen-bond acceptors (Lipinski definition) is 4. The van der Waals surface area contributed by atoms with E-state index in [1.165, 1.54) is 6.07 Å². The number of likely N-dealkylation sites (tertiary alicyclic amines) is 1. The van der Waals surface area contributed by atoms with Gasteiger partial charge in [-0.1, -0.05) is 15.9 Å². The molecule has 1 aromatic carbocycles. The number of nitro benzene ring substituents is 1. The first kappa shape index (κ1) is 14.4. The van der Waals surface area contributed by atoms with Crippen molar-refractivity contribution < 1.29 is 10.0 Å². The van der Waals surface area contributed by atoms with Crippen LogP contribution in [0.3, 0.4) is 0 Å². The third-order valence-electron chi connectivity index (χ3n) is 3.63. The van der Waals surface area contributed by atoms with Gasteiger partial charge in [-0.25, -0.2) is 0 Å². The molecule has 2 rings (SSSR count). The van der Waals surface area contributed by atoms with Crippen molar-refractivity contribution in [3.8, 4) is 0 Å². The van der Waals surface area contributed by atoms with Gasteiger partial charge in [0.05, 0.1) is 11.0 Å². The summed E-state index contributed by atoms with van der Waals surface area (Å²) in [5, 5.41) is 20.6. The molecule has 0 saturated carbocycles. The van der Waals surface area contributed by atoms with Gasteiger partial charge in [0.2, 0.25) is 0 Å². The summed E-state index contributed by atoms with van der Waals surface area (Å²) in [6.07, 6.45) is 0.632. The minimum atomic E-state index is -0.345. The summed E-state index contributed by atoms with van der Waals surface area (Å²) in [6.45, 7) is 4.04. The van der Waals surface area contributed by atoms with E-state index in [1.807, 2.05) is 6.07 Å². The molecule has 1 aliphatic heterocycles. The normalized spacial score (nSPS) is 21.5. The predicted octanol–water partition coefficient (Wildman–Crippen LogP) is 2.56. The van der Waals surface area contributed by atoms with Crippen molar-refractivity contribution >= 4 is 21.6 Å². The molecule has 2 atom stereocenters. The molecule has 0 aromatic heterocycles. The summed E-state index contributed by atoms with van der Waals surface area (Å²) in [5.74, 6) is 0.273. The van der Waals surface area contributed by atoms with Crippen molar-refractivity contribution in [2.45, 2.75) is 26.0 Å². The van der Waals surface area contributed by atoms with Crippen LogP contribution in [-0.4, -0.2) is 34.1 Å². The molecule has 104 valence electrons. The van der Waals surface area contributed by atoms with E-state index in [4.69, 9.17) is 0 Å². The van der Waals surface area contributed by atoms with Crippen molar-refractivity contribution in [2.24, 2.45) is 5.92 Å². The maximum atomic E-state index is 11.0. The molecule has 5 nitrogen and oxygen atoms in total. The highest BCUT2D eigenvalue weighted by molar-refractivity contribution is 9.10. The van der Waals surface area contributed by atoms with Crippen LogP contribution in [0.15, 0.2) is 22.7 Å². The summed E-state index contributed by atoms with van der Waals surface area (Å²) in [7, 11) is 0. The molecule has 1 fully saturated rings. The molecule has 1 saturated heterocycles. The summed E-state index contributed by atoms with van der Waals surface area (Å²) < 4.78 is 0.714. The monoisotopic (exact) mass is 328 g/mol. The third-order valence-corrected chi connectivity index (χ3v) is 4.12. The lowest BCUT2D eigenvalue weighted by Crippen LogP contribution is -2.24. The van der Waals surface area contributed by atoms with Crippen LogP contribution in [0.5, 0.6) is 0 Å². The van der Waals surface area contributed by atoms with Crippen molar-refractivity contribution in [2.75, 3.05) is 13.1 Å². The molecule has 1 aromatic rings. The van der Waals surface area contributed by atoms with E-state index in [2.05, 4.69) is 20.8 Å². The summed E-state index contributed by atoms with van der Waals surface area (Å²) in [5.41, 5.74) is 0.870. The maximum Gasteiger partial charge on any atom is 0.275 e. The minimum absolute atomic E-state index is 0.148. The third kappa shape index (κ3) is 3.52. The van der Waals surface area contributed by atoms with Gasteiger partial charge in [-0.2, -0.15) is 0 Å². The molecule has 0 bridgehead atoms. The van der Waals surface area contributed by atoms with Gasteiger partial charge in [-0.15, -0.1) is 0 Å². The molecule has 2 unspecified atom stereocenters. The first-order chi connectivity index (χ1) is 8.97. The number of nitro groups is 1. The van der Waals surface area contributed by atoms with E-state index in [0.717, 1.165) is 25.1 Å². The predicted molar refractivity (Wildman–Crippen MR) is 75.9 cm³/mol. The molecule has 1 heterocycles. The lowest BCUT2D eigenvalue weighted by atomic mass is 10.0. The lowest BCUT2D eigenvalue weighted by molar-refractivity contribution is -0.385. The summed E-state index contributed by atoms with van der Waals surface area (Å²) in [6, 6.07) is 5.15. The first-order valence-electron chi connectivity index (χ1n) is 6.30. The smallest absolute Gasteiger partial charge is 0.275 e. The molecule has 0 radical (unpaired) electrons. The van der Waals surface area contributed by atoms with Gasteiger partial charge in [-0.3, -0.25) is 15.0 Å². The van der Waals surface area contributed by atoms with Gasteiger partial charge in [0.15, 0.2) is 0 Å². The molecule has 1 aliphatic rings. The fourth-order valence-electron chi connectivity index (χ4n) is 2.48. The van der Waals surface area contributed by atoms with Crippen LogP contribution in [0, 0.1) is 16.0 Å². The summed E-state index contributed by atoms with van der Waals surface area (Å²) >= 11 is 3.25. The van der Waals surface area contributed by atoms with Gasteiger partial charge < -0.3 is 5.11 Å². The number of aliphatic hydroxyl groups is 1. The highest BCUT2D eigenvalue weighted by atomic mass is 79.9. The van der Waals surface area contributed by atoms with Gasteiger partial charge in [-0.05, 0) is 37.9 Å². The first-order valence-corrected chi connectivity index (χ1v) is 7.10. The lowest BCUT2D eigenvalue weighted by Gasteiger charge is -2.17. The van der Waals surface area contributed by atoms with Crippen LogP contribution < -0.4 is 0 Å². The highest BCUT2D eigenvalue weighted by Gasteiger charge is 2.27. The Balaban J connectivity index is 2.10. The Morgan fingerprint density at radius 2 is 2.37 bits per heavy atom. The van der Waals surface area contributed by atoms with Gasteiger partial charge in [0.25, 0.3) is 5.69 Å². The molecular formula is C13H17BrN2O3. The van der Waals surface area contributed by atoms with Crippen LogP contribution >= 0.6 is 15.9 Å².